The van der Waals surface area contributed by atoms with Gasteiger partial charge in [0.15, 0.2) is 0 Å². The Balaban J connectivity index is 2.59. The molecule has 0 aliphatic rings. The van der Waals surface area contributed by atoms with Gasteiger partial charge in [0.25, 0.3) is 0 Å². The number of hydrogen-bond acceptors (Lipinski definition) is 3. The Morgan fingerprint density at radius 3 is 2.76 bits per heavy atom. The third-order valence-electron chi connectivity index (χ3n) is 2.43. The highest BCUT2D eigenvalue weighted by molar-refractivity contribution is 6.32. The van der Waals surface area contributed by atoms with Crippen LogP contribution in [0.2, 0.25) is 5.02 Å². The van der Waals surface area contributed by atoms with Gasteiger partial charge < -0.3 is 14.8 Å². The summed E-state index contributed by atoms with van der Waals surface area (Å²) >= 11 is 6.16. The Kier molecular flexibility index (Phi) is 6.34. The summed E-state index contributed by atoms with van der Waals surface area (Å²) in [6, 6.07) is 5.86. The molecule has 0 aliphatic carbocycles. The molecular weight excluding hydrogens is 238 g/mol. The highest BCUT2D eigenvalue weighted by atomic mass is 35.5. The summed E-state index contributed by atoms with van der Waals surface area (Å²) < 4.78 is 10.8. The van der Waals surface area contributed by atoms with Crippen LogP contribution in [0.5, 0.6) is 5.75 Å². The van der Waals surface area contributed by atoms with Gasteiger partial charge in [0.1, 0.15) is 5.75 Å². The number of ether oxygens (including phenoxy) is 2. The first-order valence-electron chi connectivity index (χ1n) is 5.76. The second-order valence-corrected chi connectivity index (χ2v) is 4.41. The molecule has 0 saturated heterocycles. The maximum atomic E-state index is 6.16. The average molecular weight is 258 g/mol. The maximum absolute atomic E-state index is 6.16. The summed E-state index contributed by atoms with van der Waals surface area (Å²) in [5.41, 5.74) is 1.15. The first-order chi connectivity index (χ1) is 8.17. The van der Waals surface area contributed by atoms with E-state index in [0.29, 0.717) is 11.6 Å². The largest absolute Gasteiger partial charge is 0.489 e. The number of hydrogen-bond donors (Lipinski definition) is 1. The van der Waals surface area contributed by atoms with E-state index in [2.05, 4.69) is 5.32 Å². The molecular formula is C13H20ClNO2. The normalized spacial score (nSPS) is 12.5. The molecule has 0 radical (unpaired) electrons. The first-order valence-corrected chi connectivity index (χ1v) is 6.13. The van der Waals surface area contributed by atoms with Gasteiger partial charge in [-0.3, -0.25) is 0 Å². The van der Waals surface area contributed by atoms with Crippen LogP contribution < -0.4 is 10.1 Å². The molecule has 0 saturated carbocycles. The first kappa shape index (κ1) is 14.3. The minimum absolute atomic E-state index is 0.0996. The summed E-state index contributed by atoms with van der Waals surface area (Å²) in [5.74, 6) is 0.732. The lowest BCUT2D eigenvalue weighted by Gasteiger charge is -2.15. The summed E-state index contributed by atoms with van der Waals surface area (Å²) in [4.78, 5) is 0. The average Bonchev–Trinajstić information content (AvgIpc) is 2.30. The molecule has 0 heterocycles. The van der Waals surface area contributed by atoms with Crippen molar-refractivity contribution in [3.8, 4) is 5.75 Å². The van der Waals surface area contributed by atoms with E-state index in [1.807, 2.05) is 32.2 Å². The monoisotopic (exact) mass is 257 g/mol. The van der Waals surface area contributed by atoms with Crippen LogP contribution in [0, 0.1) is 0 Å². The molecule has 1 aromatic carbocycles. The molecule has 1 unspecified atom stereocenters. The van der Waals surface area contributed by atoms with E-state index in [9.17, 15) is 0 Å². The Morgan fingerprint density at radius 1 is 1.41 bits per heavy atom. The molecule has 17 heavy (non-hydrogen) atoms. The SMILES string of the molecule is CNCc1ccc(OC(C)CCOC)c(Cl)c1. The van der Waals surface area contributed by atoms with Gasteiger partial charge >= 0.3 is 0 Å². The van der Waals surface area contributed by atoms with E-state index in [1.165, 1.54) is 0 Å². The van der Waals surface area contributed by atoms with E-state index < -0.39 is 0 Å². The van der Waals surface area contributed by atoms with Crippen molar-refractivity contribution in [3.63, 3.8) is 0 Å². The summed E-state index contributed by atoms with van der Waals surface area (Å²) in [6.07, 6.45) is 0.952. The van der Waals surface area contributed by atoms with E-state index in [4.69, 9.17) is 21.1 Å². The zero-order chi connectivity index (χ0) is 12.7. The lowest BCUT2D eigenvalue weighted by molar-refractivity contribution is 0.135. The third kappa shape index (κ3) is 4.94. The van der Waals surface area contributed by atoms with Gasteiger partial charge in [-0.25, -0.2) is 0 Å². The molecule has 0 amide bonds. The lowest BCUT2D eigenvalue weighted by atomic mass is 10.2. The van der Waals surface area contributed by atoms with Crippen LogP contribution in [0.3, 0.4) is 0 Å². The van der Waals surface area contributed by atoms with Crippen molar-refractivity contribution in [1.29, 1.82) is 0 Å². The molecule has 96 valence electrons. The fraction of sp³-hybridized carbons (Fsp3) is 0.538. The molecule has 0 bridgehead atoms. The van der Waals surface area contributed by atoms with Crippen molar-refractivity contribution < 1.29 is 9.47 Å². The van der Waals surface area contributed by atoms with E-state index in [0.717, 1.165) is 24.3 Å². The number of benzene rings is 1. The Morgan fingerprint density at radius 2 is 2.18 bits per heavy atom. The molecule has 1 aromatic rings. The van der Waals surface area contributed by atoms with Gasteiger partial charge in [0, 0.05) is 26.7 Å². The van der Waals surface area contributed by atoms with Crippen LogP contribution in [0.25, 0.3) is 0 Å². The third-order valence-corrected chi connectivity index (χ3v) is 2.73. The van der Waals surface area contributed by atoms with Crippen molar-refractivity contribution >= 4 is 11.6 Å². The predicted molar refractivity (Wildman–Crippen MR) is 70.8 cm³/mol. The lowest BCUT2D eigenvalue weighted by Crippen LogP contribution is -2.14. The van der Waals surface area contributed by atoms with Crippen LogP contribution in [0.4, 0.5) is 0 Å². The Bertz CT molecular complexity index is 344. The molecule has 0 aliphatic heterocycles. The summed E-state index contributed by atoms with van der Waals surface area (Å²) in [7, 11) is 3.59. The second-order valence-electron chi connectivity index (χ2n) is 4.01. The van der Waals surface area contributed by atoms with Crippen LogP contribution in [0.15, 0.2) is 18.2 Å². The zero-order valence-corrected chi connectivity index (χ0v) is 11.4. The number of rotatable bonds is 7. The van der Waals surface area contributed by atoms with Crippen molar-refractivity contribution in [3.05, 3.63) is 28.8 Å². The molecule has 0 aromatic heterocycles. The highest BCUT2D eigenvalue weighted by Crippen LogP contribution is 2.26. The molecule has 0 spiro atoms. The Hall–Kier alpha value is -0.770. The number of nitrogens with one attached hydrogen (secondary N) is 1. The molecule has 1 rings (SSSR count). The maximum Gasteiger partial charge on any atom is 0.138 e. The molecule has 0 fully saturated rings. The second kappa shape index (κ2) is 7.54. The smallest absolute Gasteiger partial charge is 0.138 e. The van der Waals surface area contributed by atoms with Crippen molar-refractivity contribution in [2.45, 2.75) is 26.0 Å². The van der Waals surface area contributed by atoms with Crippen molar-refractivity contribution in [2.24, 2.45) is 0 Å². The van der Waals surface area contributed by atoms with Crippen molar-refractivity contribution in [1.82, 2.24) is 5.32 Å². The van der Waals surface area contributed by atoms with Gasteiger partial charge in [0.2, 0.25) is 0 Å². The van der Waals surface area contributed by atoms with Crippen LogP contribution in [-0.4, -0.2) is 26.9 Å². The summed E-state index contributed by atoms with van der Waals surface area (Å²) in [5, 5.41) is 3.74. The van der Waals surface area contributed by atoms with E-state index in [1.54, 1.807) is 7.11 Å². The standard InChI is InChI=1S/C13H20ClNO2/c1-10(6-7-16-3)17-13-5-4-11(9-15-2)8-12(13)14/h4-5,8,10,15H,6-7,9H2,1-3H3. The van der Waals surface area contributed by atoms with Crippen LogP contribution >= 0.6 is 11.6 Å². The van der Waals surface area contributed by atoms with E-state index in [-0.39, 0.29) is 6.10 Å². The van der Waals surface area contributed by atoms with Crippen LogP contribution in [0.1, 0.15) is 18.9 Å². The quantitative estimate of drug-likeness (QED) is 0.815. The minimum atomic E-state index is 0.0996. The number of methoxy groups -OCH3 is 1. The molecule has 4 heteroatoms. The Labute approximate surface area is 108 Å². The zero-order valence-electron chi connectivity index (χ0n) is 10.6. The number of halogens is 1. The fourth-order valence-electron chi connectivity index (χ4n) is 1.51. The summed E-state index contributed by atoms with van der Waals surface area (Å²) in [6.45, 7) is 3.51. The van der Waals surface area contributed by atoms with Gasteiger partial charge in [0.05, 0.1) is 11.1 Å². The molecule has 1 atom stereocenters. The van der Waals surface area contributed by atoms with Gasteiger partial charge in [-0.15, -0.1) is 0 Å². The van der Waals surface area contributed by atoms with E-state index >= 15 is 0 Å². The van der Waals surface area contributed by atoms with Gasteiger partial charge in [-0.2, -0.15) is 0 Å². The van der Waals surface area contributed by atoms with Crippen LogP contribution in [-0.2, 0) is 11.3 Å². The van der Waals surface area contributed by atoms with Gasteiger partial charge in [-0.1, -0.05) is 17.7 Å². The fourth-order valence-corrected chi connectivity index (χ4v) is 1.76. The molecule has 3 nitrogen and oxygen atoms in total. The minimum Gasteiger partial charge on any atom is -0.489 e. The molecule has 1 N–H and O–H groups in total. The topological polar surface area (TPSA) is 30.5 Å². The van der Waals surface area contributed by atoms with Gasteiger partial charge in [-0.05, 0) is 31.7 Å². The highest BCUT2D eigenvalue weighted by Gasteiger charge is 2.07. The predicted octanol–water partition coefficient (Wildman–Crippen LogP) is 2.86. The van der Waals surface area contributed by atoms with Crippen molar-refractivity contribution in [2.75, 3.05) is 20.8 Å².